The number of fused-ring (bicyclic) bond motifs is 6. The molecule has 2 heteroatoms. The van der Waals surface area contributed by atoms with Gasteiger partial charge in [-0.15, -0.1) is 0 Å². The molecule has 0 saturated heterocycles. The summed E-state index contributed by atoms with van der Waals surface area (Å²) < 4.78 is 2.62. The van der Waals surface area contributed by atoms with Crippen molar-refractivity contribution in [3.05, 3.63) is 93.7 Å². The van der Waals surface area contributed by atoms with Crippen molar-refractivity contribution in [3.63, 3.8) is 0 Å². The van der Waals surface area contributed by atoms with E-state index in [0.717, 1.165) is 62.0 Å². The number of rotatable bonds is 19. The van der Waals surface area contributed by atoms with E-state index in [1.807, 2.05) is 0 Å². The Hall–Kier alpha value is -4.40. The summed E-state index contributed by atoms with van der Waals surface area (Å²) in [6.45, 7) is 17.9. The normalized spacial score (nSPS) is 11.8. The zero-order valence-electron chi connectivity index (χ0n) is 37.6. The van der Waals surface area contributed by atoms with Crippen LogP contribution in [0, 0.1) is 30.6 Å². The molecule has 6 rings (SSSR count). The second kappa shape index (κ2) is 23.9. The van der Waals surface area contributed by atoms with E-state index in [2.05, 4.69) is 143 Å². The first-order chi connectivity index (χ1) is 28.5. The van der Waals surface area contributed by atoms with Gasteiger partial charge < -0.3 is 9.88 Å². The highest BCUT2D eigenvalue weighted by Gasteiger charge is 2.18. The highest BCUT2D eigenvalue weighted by atomic mass is 15.0. The highest BCUT2D eigenvalue weighted by Crippen LogP contribution is 2.38. The van der Waals surface area contributed by atoms with E-state index in [9.17, 15) is 0 Å². The third-order valence-corrected chi connectivity index (χ3v) is 11.9. The number of aromatic nitrogens is 1. The minimum atomic E-state index is 0.956. The van der Waals surface area contributed by atoms with E-state index in [4.69, 9.17) is 0 Å². The van der Waals surface area contributed by atoms with E-state index < -0.39 is 0 Å². The molecule has 0 bridgehead atoms. The van der Waals surface area contributed by atoms with Crippen molar-refractivity contribution < 1.29 is 0 Å². The van der Waals surface area contributed by atoms with Crippen LogP contribution in [-0.2, 0) is 19.4 Å². The van der Waals surface area contributed by atoms with Gasteiger partial charge in [0.05, 0.1) is 11.3 Å². The first-order valence-electron chi connectivity index (χ1n) is 23.5. The zero-order chi connectivity index (χ0) is 41.1. The number of benzene rings is 4. The number of nitrogens with zero attached hydrogens (tertiary/aromatic N) is 1. The second-order valence-corrected chi connectivity index (χ2v) is 16.7. The number of allylic oxidation sites excluding steroid dienone is 1. The molecule has 0 radical (unpaired) electrons. The predicted molar refractivity (Wildman–Crippen MR) is 258 cm³/mol. The summed E-state index contributed by atoms with van der Waals surface area (Å²) >= 11 is 0. The lowest BCUT2D eigenvalue weighted by molar-refractivity contribution is 0.591. The van der Waals surface area contributed by atoms with Gasteiger partial charge in [0, 0.05) is 53.5 Å². The van der Waals surface area contributed by atoms with Crippen LogP contribution >= 0.6 is 0 Å². The molecule has 2 nitrogen and oxygen atoms in total. The lowest BCUT2D eigenvalue weighted by Crippen LogP contribution is -2.04. The maximum absolute atomic E-state index is 3.64. The SMILES string of the molecule is CCCCC#Cc1c(C)ccc2c(C#CCCCC)c(NCCCCC)ccc12.CCCCCn1c(CCCC)cc2c3ccc4c(c3ccc21)C=C(CCCC)C4. The molecule has 4 aromatic carbocycles. The summed E-state index contributed by atoms with van der Waals surface area (Å²) in [5.41, 5.74) is 12.3. The fourth-order valence-electron chi connectivity index (χ4n) is 8.40. The van der Waals surface area contributed by atoms with E-state index >= 15 is 0 Å². The average Bonchev–Trinajstić information content (AvgIpc) is 3.83. The van der Waals surface area contributed by atoms with Crippen molar-refractivity contribution in [1.29, 1.82) is 0 Å². The molecule has 1 aromatic heterocycles. The van der Waals surface area contributed by atoms with Gasteiger partial charge in [-0.1, -0.05) is 165 Å². The topological polar surface area (TPSA) is 17.0 Å². The van der Waals surface area contributed by atoms with Crippen LogP contribution in [0.1, 0.15) is 184 Å². The van der Waals surface area contributed by atoms with Crippen molar-refractivity contribution in [2.24, 2.45) is 0 Å². The van der Waals surface area contributed by atoms with Gasteiger partial charge in [0.2, 0.25) is 0 Å². The largest absolute Gasteiger partial charge is 0.384 e. The summed E-state index contributed by atoms with van der Waals surface area (Å²) in [6.07, 6.45) is 25.4. The molecule has 0 saturated carbocycles. The standard InChI is InChI=1S/2C28H37N/c1-4-7-10-17-29-23(12-9-6-3)20-27-25-14-13-22-18-21(11-8-5-2)19-26(22)24(25)15-16-28(27)29;1-5-8-11-13-16-24-23(4)18-19-26-25(24)20-21-28(29-22-15-10-7-3)27(26)17-14-12-9-6-2/h13-16,19-20H,4-12,17-18H2,1-3H3;18-21,29H,5-12,15,22H2,1-4H3. The number of unbranched alkanes of at least 4 members (excludes halogenated alkanes) is 10. The molecule has 0 amide bonds. The Labute approximate surface area is 353 Å². The smallest absolute Gasteiger partial charge is 0.0555 e. The monoisotopic (exact) mass is 775 g/mol. The third-order valence-electron chi connectivity index (χ3n) is 11.9. The van der Waals surface area contributed by atoms with Gasteiger partial charge in [0.1, 0.15) is 0 Å². The van der Waals surface area contributed by atoms with Crippen LogP contribution in [0.3, 0.4) is 0 Å². The lowest BCUT2D eigenvalue weighted by Gasteiger charge is -2.13. The third kappa shape index (κ3) is 11.6. The minimum Gasteiger partial charge on any atom is -0.384 e. The number of hydrogen-bond donors (Lipinski definition) is 1. The first-order valence-corrected chi connectivity index (χ1v) is 23.5. The van der Waals surface area contributed by atoms with Gasteiger partial charge in [-0.3, -0.25) is 0 Å². The van der Waals surface area contributed by atoms with E-state index in [1.54, 1.807) is 5.57 Å². The summed E-state index contributed by atoms with van der Waals surface area (Å²) in [7, 11) is 0. The summed E-state index contributed by atoms with van der Waals surface area (Å²) in [5, 5.41) is 10.4. The Kier molecular flexibility index (Phi) is 18.4. The van der Waals surface area contributed by atoms with Crippen molar-refractivity contribution in [2.45, 2.75) is 177 Å². The molecule has 0 atom stereocenters. The number of anilines is 1. The molecule has 1 N–H and O–H groups in total. The molecule has 5 aromatic rings. The fourth-order valence-corrected chi connectivity index (χ4v) is 8.40. The minimum absolute atomic E-state index is 0.956. The number of nitrogens with one attached hydrogen (secondary N) is 1. The second-order valence-electron chi connectivity index (χ2n) is 16.7. The Morgan fingerprint density at radius 3 is 1.91 bits per heavy atom. The molecule has 0 fully saturated rings. The van der Waals surface area contributed by atoms with Gasteiger partial charge in [0.15, 0.2) is 0 Å². The average molecular weight is 775 g/mol. The van der Waals surface area contributed by atoms with Gasteiger partial charge >= 0.3 is 0 Å². The summed E-state index contributed by atoms with van der Waals surface area (Å²) in [5.74, 6) is 13.7. The molecule has 1 aliphatic rings. The highest BCUT2D eigenvalue weighted by molar-refractivity contribution is 6.10. The van der Waals surface area contributed by atoms with Crippen LogP contribution in [0.4, 0.5) is 5.69 Å². The Balaban J connectivity index is 0.000000221. The number of hydrogen-bond acceptors (Lipinski definition) is 1. The fraction of sp³-hybridized carbons (Fsp3) is 0.500. The van der Waals surface area contributed by atoms with Crippen molar-refractivity contribution in [3.8, 4) is 23.7 Å². The molecule has 0 spiro atoms. The van der Waals surface area contributed by atoms with E-state index in [-0.39, 0.29) is 0 Å². The lowest BCUT2D eigenvalue weighted by atomic mass is 9.95. The van der Waals surface area contributed by atoms with E-state index in [1.165, 1.54) is 145 Å². The van der Waals surface area contributed by atoms with Crippen LogP contribution in [-0.4, -0.2) is 11.1 Å². The molecule has 1 heterocycles. The van der Waals surface area contributed by atoms with Crippen LogP contribution in [0.15, 0.2) is 60.2 Å². The molecule has 1 aliphatic carbocycles. The molecular weight excluding hydrogens is 701 g/mol. The maximum Gasteiger partial charge on any atom is 0.0555 e. The van der Waals surface area contributed by atoms with Crippen molar-refractivity contribution in [1.82, 2.24) is 4.57 Å². The van der Waals surface area contributed by atoms with Gasteiger partial charge in [-0.2, -0.15) is 0 Å². The zero-order valence-corrected chi connectivity index (χ0v) is 37.6. The summed E-state index contributed by atoms with van der Waals surface area (Å²) in [4.78, 5) is 0. The van der Waals surface area contributed by atoms with Gasteiger partial charge in [-0.25, -0.2) is 0 Å². The molecule has 308 valence electrons. The molecule has 0 aliphatic heterocycles. The maximum atomic E-state index is 3.64. The quantitative estimate of drug-likeness (QED) is 0.0653. The van der Waals surface area contributed by atoms with Crippen LogP contribution in [0.25, 0.3) is 38.5 Å². The van der Waals surface area contributed by atoms with Crippen molar-refractivity contribution >= 4 is 44.2 Å². The van der Waals surface area contributed by atoms with Crippen LogP contribution in [0.5, 0.6) is 0 Å². The van der Waals surface area contributed by atoms with Crippen molar-refractivity contribution in [2.75, 3.05) is 11.9 Å². The Bertz CT molecular complexity index is 2240. The number of aryl methyl sites for hydroxylation is 3. The van der Waals surface area contributed by atoms with Crippen LogP contribution in [0.2, 0.25) is 0 Å². The van der Waals surface area contributed by atoms with Crippen LogP contribution < -0.4 is 5.32 Å². The van der Waals surface area contributed by atoms with E-state index in [0.29, 0.717) is 0 Å². The summed E-state index contributed by atoms with van der Waals surface area (Å²) in [6, 6.07) is 20.9. The molecule has 58 heavy (non-hydrogen) atoms. The molecule has 0 unspecified atom stereocenters. The first kappa shape index (κ1) is 44.7. The Morgan fingerprint density at radius 1 is 0.569 bits per heavy atom. The van der Waals surface area contributed by atoms with Gasteiger partial charge in [-0.05, 0) is 116 Å². The van der Waals surface area contributed by atoms with Gasteiger partial charge in [0.25, 0.3) is 0 Å². The molecular formula is C56H74N2. The Morgan fingerprint density at radius 2 is 1.19 bits per heavy atom. The predicted octanol–water partition coefficient (Wildman–Crippen LogP) is 16.3.